The Bertz CT molecular complexity index is 814. The second-order valence-corrected chi connectivity index (χ2v) is 6.98. The highest BCUT2D eigenvalue weighted by Crippen LogP contribution is 2.44. The number of carbonyl (C=O) groups is 2. The Labute approximate surface area is 153 Å². The van der Waals surface area contributed by atoms with Gasteiger partial charge in [-0.25, -0.2) is 19.7 Å². The zero-order valence-corrected chi connectivity index (χ0v) is 15.3. The Kier molecular flexibility index (Phi) is 5.14. The van der Waals surface area contributed by atoms with Gasteiger partial charge in [-0.2, -0.15) is 11.8 Å². The number of aromatic nitrogens is 4. The molecule has 1 aliphatic rings. The molecule has 1 aliphatic heterocycles. The first-order valence-corrected chi connectivity index (χ1v) is 9.23. The van der Waals surface area contributed by atoms with Crippen LogP contribution in [0, 0.1) is 5.92 Å². The second kappa shape index (κ2) is 7.17. The van der Waals surface area contributed by atoms with Crippen LogP contribution in [0.2, 0.25) is 5.15 Å². The highest BCUT2D eigenvalue weighted by molar-refractivity contribution is 7.99. The predicted molar refractivity (Wildman–Crippen MR) is 92.4 cm³/mol. The van der Waals surface area contributed by atoms with E-state index in [2.05, 4.69) is 15.0 Å². The van der Waals surface area contributed by atoms with E-state index in [4.69, 9.17) is 21.1 Å². The number of ether oxygens (including phenoxy) is 2. The summed E-state index contributed by atoms with van der Waals surface area (Å²) < 4.78 is 11.8. The van der Waals surface area contributed by atoms with Crippen molar-refractivity contribution >= 4 is 46.5 Å². The summed E-state index contributed by atoms with van der Waals surface area (Å²) in [6.45, 7) is 2.04. The third kappa shape index (κ3) is 2.95. The molecule has 2 aromatic heterocycles. The molecule has 1 saturated heterocycles. The van der Waals surface area contributed by atoms with Crippen LogP contribution in [0.1, 0.15) is 13.3 Å². The van der Waals surface area contributed by atoms with Crippen molar-refractivity contribution in [3.8, 4) is 0 Å². The molecule has 2 atom stereocenters. The highest BCUT2D eigenvalue weighted by Gasteiger charge is 2.54. The number of hydrogen-bond acceptors (Lipinski definition) is 8. The molecule has 3 rings (SSSR count). The SMILES string of the molecule is CCOC(=O)C[C@H]1CSC[C@]1(C(=O)OC)n1cnc2c(Cl)ncnc21. The molecule has 8 nitrogen and oxygen atoms in total. The zero-order chi connectivity index (χ0) is 18.0. The molecule has 0 radical (unpaired) electrons. The van der Waals surface area contributed by atoms with Crippen molar-refractivity contribution in [2.75, 3.05) is 25.2 Å². The topological polar surface area (TPSA) is 96.2 Å². The maximum Gasteiger partial charge on any atom is 0.333 e. The summed E-state index contributed by atoms with van der Waals surface area (Å²) in [5.41, 5.74) is -0.264. The van der Waals surface area contributed by atoms with Crippen LogP contribution in [-0.4, -0.2) is 56.7 Å². The van der Waals surface area contributed by atoms with Gasteiger partial charge < -0.3 is 9.47 Å². The minimum absolute atomic E-state index is 0.106. The van der Waals surface area contributed by atoms with E-state index in [0.717, 1.165) is 0 Å². The molecule has 0 amide bonds. The van der Waals surface area contributed by atoms with Crippen molar-refractivity contribution in [1.82, 2.24) is 19.5 Å². The van der Waals surface area contributed by atoms with Crippen LogP contribution in [0.4, 0.5) is 0 Å². The number of hydrogen-bond donors (Lipinski definition) is 0. The van der Waals surface area contributed by atoms with Crippen LogP contribution in [-0.2, 0) is 24.6 Å². The van der Waals surface area contributed by atoms with Crippen molar-refractivity contribution < 1.29 is 19.1 Å². The fourth-order valence-electron chi connectivity index (χ4n) is 3.13. The number of carbonyl (C=O) groups excluding carboxylic acids is 2. The first kappa shape index (κ1) is 17.9. The quantitative estimate of drug-likeness (QED) is 0.567. The lowest BCUT2D eigenvalue weighted by molar-refractivity contribution is -0.154. The molecule has 0 spiro atoms. The molecule has 0 unspecified atom stereocenters. The summed E-state index contributed by atoms with van der Waals surface area (Å²) in [7, 11) is 1.33. The van der Waals surface area contributed by atoms with Gasteiger partial charge in [0.1, 0.15) is 11.8 Å². The van der Waals surface area contributed by atoms with Gasteiger partial charge in [-0.05, 0) is 12.7 Å². The number of esters is 2. The number of nitrogens with zero attached hydrogens (tertiary/aromatic N) is 4. The van der Waals surface area contributed by atoms with E-state index < -0.39 is 11.5 Å². The number of methoxy groups -OCH3 is 1. The second-order valence-electron chi connectivity index (χ2n) is 5.59. The molecule has 134 valence electrons. The fourth-order valence-corrected chi connectivity index (χ4v) is 4.90. The molecule has 10 heteroatoms. The number of rotatable bonds is 5. The van der Waals surface area contributed by atoms with Gasteiger partial charge >= 0.3 is 11.9 Å². The molecule has 0 bridgehead atoms. The standard InChI is InChI=1S/C15H17ClN4O4S/c1-3-24-10(21)4-9-5-25-6-15(9,14(22)23-2)20-8-19-11-12(16)17-7-18-13(11)20/h7-9H,3-6H2,1-2H3/t9-,15-/m0/s1. The van der Waals surface area contributed by atoms with Crippen LogP contribution in [0.25, 0.3) is 11.2 Å². The number of halogens is 1. The average molecular weight is 385 g/mol. The summed E-state index contributed by atoms with van der Waals surface area (Å²) in [5.74, 6) is -0.0419. The van der Waals surface area contributed by atoms with Crippen molar-refractivity contribution in [3.63, 3.8) is 0 Å². The van der Waals surface area contributed by atoms with E-state index in [1.807, 2.05) is 0 Å². The molecular weight excluding hydrogens is 368 g/mol. The van der Waals surface area contributed by atoms with Crippen molar-refractivity contribution in [3.05, 3.63) is 17.8 Å². The van der Waals surface area contributed by atoms with Crippen molar-refractivity contribution in [2.24, 2.45) is 5.92 Å². The summed E-state index contributed by atoms with van der Waals surface area (Å²) in [5, 5.41) is 0.205. The van der Waals surface area contributed by atoms with E-state index in [-0.39, 0.29) is 23.5 Å². The van der Waals surface area contributed by atoms with Crippen LogP contribution in [0.3, 0.4) is 0 Å². The van der Waals surface area contributed by atoms with Crippen LogP contribution in [0.15, 0.2) is 12.7 Å². The summed E-state index contributed by atoms with van der Waals surface area (Å²) in [6.07, 6.45) is 2.93. The Morgan fingerprint density at radius 3 is 2.96 bits per heavy atom. The summed E-state index contributed by atoms with van der Waals surface area (Å²) >= 11 is 7.65. The number of fused-ring (bicyclic) bond motifs is 1. The minimum atomic E-state index is -1.10. The number of imidazole rings is 1. The molecule has 2 aromatic rings. The Morgan fingerprint density at radius 1 is 1.44 bits per heavy atom. The van der Waals surface area contributed by atoms with Gasteiger partial charge in [0.2, 0.25) is 0 Å². The zero-order valence-electron chi connectivity index (χ0n) is 13.8. The van der Waals surface area contributed by atoms with Crippen molar-refractivity contribution in [2.45, 2.75) is 18.9 Å². The van der Waals surface area contributed by atoms with Crippen LogP contribution < -0.4 is 0 Å². The lowest BCUT2D eigenvalue weighted by Gasteiger charge is -2.33. The van der Waals surface area contributed by atoms with Gasteiger partial charge in [-0.1, -0.05) is 11.6 Å². The van der Waals surface area contributed by atoms with Crippen LogP contribution in [0.5, 0.6) is 0 Å². The van der Waals surface area contributed by atoms with E-state index in [1.165, 1.54) is 19.8 Å². The maximum absolute atomic E-state index is 12.8. The lowest BCUT2D eigenvalue weighted by atomic mass is 9.84. The maximum atomic E-state index is 12.8. The van der Waals surface area contributed by atoms with E-state index in [9.17, 15) is 9.59 Å². The van der Waals surface area contributed by atoms with E-state index >= 15 is 0 Å². The first-order chi connectivity index (χ1) is 12.0. The van der Waals surface area contributed by atoms with Gasteiger partial charge in [-0.15, -0.1) is 0 Å². The molecule has 0 saturated carbocycles. The largest absolute Gasteiger partial charge is 0.467 e. The van der Waals surface area contributed by atoms with Crippen LogP contribution >= 0.6 is 23.4 Å². The van der Waals surface area contributed by atoms with Gasteiger partial charge in [0, 0.05) is 11.7 Å². The number of thioether (sulfide) groups is 1. The third-order valence-electron chi connectivity index (χ3n) is 4.29. The van der Waals surface area contributed by atoms with Crippen molar-refractivity contribution in [1.29, 1.82) is 0 Å². The summed E-state index contributed by atoms with van der Waals surface area (Å²) in [4.78, 5) is 37.2. The van der Waals surface area contributed by atoms with E-state index in [0.29, 0.717) is 29.3 Å². The Morgan fingerprint density at radius 2 is 2.24 bits per heavy atom. The predicted octanol–water partition coefficient (Wildman–Crippen LogP) is 1.66. The van der Waals surface area contributed by atoms with Gasteiger partial charge in [0.05, 0.1) is 26.5 Å². The van der Waals surface area contributed by atoms with E-state index in [1.54, 1.807) is 23.3 Å². The lowest BCUT2D eigenvalue weighted by Crippen LogP contribution is -2.49. The summed E-state index contributed by atoms with van der Waals surface area (Å²) in [6, 6.07) is 0. The van der Waals surface area contributed by atoms with Gasteiger partial charge in [0.25, 0.3) is 0 Å². The first-order valence-electron chi connectivity index (χ1n) is 7.70. The third-order valence-corrected chi connectivity index (χ3v) is 5.85. The Balaban J connectivity index is 2.11. The highest BCUT2D eigenvalue weighted by atomic mass is 35.5. The molecular formula is C15H17ClN4O4S. The van der Waals surface area contributed by atoms with Gasteiger partial charge in [0.15, 0.2) is 16.3 Å². The average Bonchev–Trinajstić information content (AvgIpc) is 3.20. The molecule has 0 aliphatic carbocycles. The van der Waals surface area contributed by atoms with Gasteiger partial charge in [-0.3, -0.25) is 9.36 Å². The molecule has 25 heavy (non-hydrogen) atoms. The smallest absolute Gasteiger partial charge is 0.333 e. The minimum Gasteiger partial charge on any atom is -0.467 e. The molecule has 1 fully saturated rings. The molecule has 3 heterocycles. The normalized spacial score (nSPS) is 22.9. The monoisotopic (exact) mass is 384 g/mol. The molecule has 0 aromatic carbocycles. The molecule has 0 N–H and O–H groups in total. The fraction of sp³-hybridized carbons (Fsp3) is 0.533. The Hall–Kier alpha value is -1.87.